The number of nitrogens with one attached hydrogen (secondary N) is 1. The van der Waals surface area contributed by atoms with E-state index >= 15 is 0 Å². The Kier molecular flexibility index (Phi) is 6.53. The van der Waals surface area contributed by atoms with Crippen molar-refractivity contribution in [2.75, 3.05) is 43.1 Å². The van der Waals surface area contributed by atoms with Crippen molar-refractivity contribution in [2.24, 2.45) is 0 Å². The summed E-state index contributed by atoms with van der Waals surface area (Å²) in [5, 5.41) is 5.44. The van der Waals surface area contributed by atoms with E-state index in [0.717, 1.165) is 29.5 Å². The first-order valence-electron chi connectivity index (χ1n) is 8.70. The van der Waals surface area contributed by atoms with Crippen molar-refractivity contribution in [1.82, 2.24) is 4.98 Å². The van der Waals surface area contributed by atoms with Crippen LogP contribution in [0, 0.1) is 0 Å². The van der Waals surface area contributed by atoms with Gasteiger partial charge in [-0.2, -0.15) is 13.2 Å². The molecule has 0 radical (unpaired) electrons. The number of nitrogens with zero attached hydrogens (tertiary/aromatic N) is 2. The minimum absolute atomic E-state index is 0.472. The summed E-state index contributed by atoms with van der Waals surface area (Å²) in [6.07, 6.45) is -5.68. The van der Waals surface area contributed by atoms with Gasteiger partial charge in [0.2, 0.25) is 0 Å². The number of aromatic nitrogens is 1. The second kappa shape index (κ2) is 8.89. The van der Waals surface area contributed by atoms with Gasteiger partial charge in [-0.1, -0.05) is 12.1 Å². The Bertz CT molecular complexity index is 789. The van der Waals surface area contributed by atoms with Crippen LogP contribution in [0.5, 0.6) is 0 Å². The molecule has 1 aromatic carbocycles. The summed E-state index contributed by atoms with van der Waals surface area (Å²) >= 11 is 1.56. The number of thiazole rings is 1. The molecule has 1 unspecified atom stereocenters. The second-order valence-corrected chi connectivity index (χ2v) is 7.09. The number of hydrogen-bond acceptors (Lipinski definition) is 6. The number of carbonyl (C=O) groups excluding carboxylic acids is 1. The number of alkyl halides is 3. The standard InChI is InChI=1S/C18H20F3N3O3S/c1-12(27-11-18(19,20)21)16(25)22-14-4-2-13(3-5-14)15-10-28-17(23-15)24-6-8-26-9-7-24/h2-5,10,12H,6-9,11H2,1H3,(H,22,25). The molecule has 3 rings (SSSR count). The van der Waals surface area contributed by atoms with Crippen molar-refractivity contribution in [1.29, 1.82) is 0 Å². The van der Waals surface area contributed by atoms with Crippen LogP contribution in [-0.2, 0) is 14.3 Å². The predicted molar refractivity (Wildman–Crippen MR) is 101 cm³/mol. The van der Waals surface area contributed by atoms with E-state index in [0.29, 0.717) is 18.9 Å². The number of rotatable bonds is 6. The molecule has 1 atom stereocenters. The van der Waals surface area contributed by atoms with Crippen LogP contribution in [0.3, 0.4) is 0 Å². The van der Waals surface area contributed by atoms with Crippen molar-refractivity contribution >= 4 is 28.1 Å². The maximum atomic E-state index is 12.2. The lowest BCUT2D eigenvalue weighted by molar-refractivity contribution is -0.184. The Morgan fingerprint density at radius 2 is 2.00 bits per heavy atom. The summed E-state index contributed by atoms with van der Waals surface area (Å²) in [5.41, 5.74) is 2.18. The van der Waals surface area contributed by atoms with Crippen LogP contribution in [0.15, 0.2) is 29.6 Å². The summed E-state index contributed by atoms with van der Waals surface area (Å²) in [7, 11) is 0. The Morgan fingerprint density at radius 1 is 1.32 bits per heavy atom. The summed E-state index contributed by atoms with van der Waals surface area (Å²) in [5.74, 6) is -0.639. The molecule has 1 fully saturated rings. The molecule has 152 valence electrons. The molecule has 0 aliphatic carbocycles. The fraction of sp³-hybridized carbons (Fsp3) is 0.444. The number of ether oxygens (including phenoxy) is 2. The first-order chi connectivity index (χ1) is 13.3. The second-order valence-electron chi connectivity index (χ2n) is 6.25. The SMILES string of the molecule is CC(OCC(F)(F)F)C(=O)Nc1ccc(-c2csc(N3CCOCC3)n2)cc1. The van der Waals surface area contributed by atoms with Gasteiger partial charge in [0.1, 0.15) is 12.7 Å². The number of anilines is 2. The van der Waals surface area contributed by atoms with Gasteiger partial charge in [0.25, 0.3) is 5.91 Å². The molecule has 6 nitrogen and oxygen atoms in total. The number of morpholine rings is 1. The maximum absolute atomic E-state index is 12.2. The van der Waals surface area contributed by atoms with Crippen LogP contribution in [0.1, 0.15) is 6.92 Å². The lowest BCUT2D eigenvalue weighted by Crippen LogP contribution is -2.36. The van der Waals surface area contributed by atoms with Crippen molar-refractivity contribution in [3.8, 4) is 11.3 Å². The van der Waals surface area contributed by atoms with Crippen LogP contribution in [0.4, 0.5) is 24.0 Å². The number of carbonyl (C=O) groups is 1. The first kappa shape index (κ1) is 20.6. The van der Waals surface area contributed by atoms with Crippen molar-refractivity contribution in [3.05, 3.63) is 29.6 Å². The molecule has 10 heteroatoms. The summed E-state index contributed by atoms with van der Waals surface area (Å²) in [6, 6.07) is 6.96. The lowest BCUT2D eigenvalue weighted by atomic mass is 10.1. The highest BCUT2D eigenvalue weighted by molar-refractivity contribution is 7.14. The highest BCUT2D eigenvalue weighted by Gasteiger charge is 2.30. The van der Waals surface area contributed by atoms with Gasteiger partial charge in [-0.05, 0) is 19.1 Å². The topological polar surface area (TPSA) is 63.7 Å². The number of amides is 1. The van der Waals surface area contributed by atoms with Gasteiger partial charge >= 0.3 is 6.18 Å². The predicted octanol–water partition coefficient (Wildman–Crippen LogP) is 3.55. The van der Waals surface area contributed by atoms with Crippen molar-refractivity contribution in [2.45, 2.75) is 19.2 Å². The highest BCUT2D eigenvalue weighted by atomic mass is 32.1. The van der Waals surface area contributed by atoms with E-state index in [-0.39, 0.29) is 0 Å². The number of hydrogen-bond donors (Lipinski definition) is 1. The minimum Gasteiger partial charge on any atom is -0.378 e. The highest BCUT2D eigenvalue weighted by Crippen LogP contribution is 2.28. The Labute approximate surface area is 164 Å². The monoisotopic (exact) mass is 415 g/mol. The quantitative estimate of drug-likeness (QED) is 0.782. The van der Waals surface area contributed by atoms with Crippen LogP contribution in [0.2, 0.25) is 0 Å². The Morgan fingerprint density at radius 3 is 2.64 bits per heavy atom. The molecule has 2 aromatic rings. The zero-order valence-corrected chi connectivity index (χ0v) is 16.0. The third kappa shape index (κ3) is 5.66. The van der Waals surface area contributed by atoms with E-state index in [2.05, 4.69) is 19.9 Å². The van der Waals surface area contributed by atoms with E-state index in [1.165, 1.54) is 6.92 Å². The molecular weight excluding hydrogens is 395 g/mol. The fourth-order valence-corrected chi connectivity index (χ4v) is 3.45. The molecule has 1 aliphatic rings. The van der Waals surface area contributed by atoms with Crippen molar-refractivity contribution < 1.29 is 27.4 Å². The number of halogens is 3. The molecule has 1 saturated heterocycles. The molecule has 28 heavy (non-hydrogen) atoms. The van der Waals surface area contributed by atoms with Gasteiger partial charge in [-0.15, -0.1) is 11.3 Å². The average molecular weight is 415 g/mol. The van der Waals surface area contributed by atoms with E-state index < -0.39 is 24.8 Å². The van der Waals surface area contributed by atoms with E-state index in [1.807, 2.05) is 5.38 Å². The Hall–Kier alpha value is -2.17. The van der Waals surface area contributed by atoms with Gasteiger partial charge in [0.15, 0.2) is 5.13 Å². The third-order valence-electron chi connectivity index (χ3n) is 4.09. The lowest BCUT2D eigenvalue weighted by Gasteiger charge is -2.26. The van der Waals surface area contributed by atoms with E-state index in [9.17, 15) is 18.0 Å². The molecule has 2 heterocycles. The molecule has 1 amide bonds. The normalized spacial score (nSPS) is 16.1. The largest absolute Gasteiger partial charge is 0.411 e. The average Bonchev–Trinajstić information content (AvgIpc) is 3.17. The van der Waals surface area contributed by atoms with Crippen LogP contribution in [-0.4, -0.2) is 56.1 Å². The van der Waals surface area contributed by atoms with Crippen LogP contribution >= 0.6 is 11.3 Å². The Balaban J connectivity index is 1.57. The maximum Gasteiger partial charge on any atom is 0.411 e. The van der Waals surface area contributed by atoms with E-state index in [4.69, 9.17) is 4.74 Å². The molecule has 0 spiro atoms. The summed E-state index contributed by atoms with van der Waals surface area (Å²) < 4.78 is 46.4. The zero-order valence-electron chi connectivity index (χ0n) is 15.2. The minimum atomic E-state index is -4.47. The molecule has 1 aromatic heterocycles. The first-order valence-corrected chi connectivity index (χ1v) is 9.58. The third-order valence-corrected chi connectivity index (χ3v) is 4.99. The smallest absolute Gasteiger partial charge is 0.378 e. The molecule has 1 N–H and O–H groups in total. The van der Waals surface area contributed by atoms with Gasteiger partial charge < -0.3 is 19.7 Å². The van der Waals surface area contributed by atoms with Gasteiger partial charge in [0.05, 0.1) is 18.9 Å². The van der Waals surface area contributed by atoms with Gasteiger partial charge in [-0.25, -0.2) is 4.98 Å². The molecule has 0 bridgehead atoms. The van der Waals surface area contributed by atoms with E-state index in [1.54, 1.807) is 35.6 Å². The number of benzene rings is 1. The van der Waals surface area contributed by atoms with Crippen LogP contribution < -0.4 is 10.2 Å². The van der Waals surface area contributed by atoms with Gasteiger partial charge in [-0.3, -0.25) is 4.79 Å². The zero-order chi connectivity index (χ0) is 20.1. The van der Waals surface area contributed by atoms with Gasteiger partial charge in [0, 0.05) is 29.7 Å². The van der Waals surface area contributed by atoms with Crippen LogP contribution in [0.25, 0.3) is 11.3 Å². The van der Waals surface area contributed by atoms with Crippen molar-refractivity contribution in [3.63, 3.8) is 0 Å². The summed E-state index contributed by atoms with van der Waals surface area (Å²) in [4.78, 5) is 18.8. The molecule has 1 aliphatic heterocycles. The molecular formula is C18H20F3N3O3S. The summed E-state index contributed by atoms with van der Waals surface area (Å²) in [6.45, 7) is 2.82. The fourth-order valence-electron chi connectivity index (χ4n) is 2.56. The molecule has 0 saturated carbocycles.